The molecule has 0 saturated heterocycles. The van der Waals surface area contributed by atoms with Gasteiger partial charge >= 0.3 is 0 Å². The van der Waals surface area contributed by atoms with Crippen LogP contribution < -0.4 is 10.1 Å². The number of nitrogens with one attached hydrogen (secondary N) is 1. The number of hydrogen-bond acceptors (Lipinski definition) is 2. The summed E-state index contributed by atoms with van der Waals surface area (Å²) in [6, 6.07) is 16.5. The number of aryl methyl sites for hydroxylation is 1. The van der Waals surface area contributed by atoms with Crippen molar-refractivity contribution in [2.75, 3.05) is 0 Å². The number of amides is 1. The first-order valence-electron chi connectivity index (χ1n) is 9.97. The monoisotopic (exact) mass is 417 g/mol. The molecule has 0 unspecified atom stereocenters. The lowest BCUT2D eigenvalue weighted by Gasteiger charge is -2.12. The standard InChI is InChI=1S/C26H21F2NO2/c1-17-9-11-21(26(30)29-16-18-10-12-23(27)24(28)13-18)15-25(17)31-22-8-4-7-20(14-22)19-5-2-3-6-19/h2,4-15H,3,16H2,1H3,(H,29,30). The summed E-state index contributed by atoms with van der Waals surface area (Å²) >= 11 is 0. The Kier molecular flexibility index (Phi) is 5.94. The Labute approximate surface area is 179 Å². The van der Waals surface area contributed by atoms with Crippen molar-refractivity contribution in [2.24, 2.45) is 0 Å². The smallest absolute Gasteiger partial charge is 0.251 e. The van der Waals surface area contributed by atoms with Crippen LogP contribution in [0.4, 0.5) is 8.78 Å². The van der Waals surface area contributed by atoms with Crippen molar-refractivity contribution < 1.29 is 18.3 Å². The van der Waals surface area contributed by atoms with Gasteiger partial charge in [-0.15, -0.1) is 0 Å². The average Bonchev–Trinajstić information content (AvgIpc) is 3.31. The fourth-order valence-electron chi connectivity index (χ4n) is 3.32. The minimum Gasteiger partial charge on any atom is -0.457 e. The zero-order chi connectivity index (χ0) is 21.8. The van der Waals surface area contributed by atoms with Crippen LogP contribution in [0.2, 0.25) is 0 Å². The summed E-state index contributed by atoms with van der Waals surface area (Å²) in [5.74, 6) is -0.928. The van der Waals surface area contributed by atoms with Crippen molar-refractivity contribution in [3.05, 3.63) is 113 Å². The van der Waals surface area contributed by atoms with E-state index in [9.17, 15) is 13.6 Å². The topological polar surface area (TPSA) is 38.3 Å². The van der Waals surface area contributed by atoms with Gasteiger partial charge in [-0.05, 0) is 72.0 Å². The highest BCUT2D eigenvalue weighted by Gasteiger charge is 2.11. The number of rotatable bonds is 6. The number of allylic oxidation sites excluding steroid dienone is 4. The summed E-state index contributed by atoms with van der Waals surface area (Å²) in [5, 5.41) is 2.72. The molecule has 3 aromatic rings. The van der Waals surface area contributed by atoms with Gasteiger partial charge in [0, 0.05) is 12.1 Å². The van der Waals surface area contributed by atoms with Gasteiger partial charge in [-0.25, -0.2) is 8.78 Å². The van der Waals surface area contributed by atoms with E-state index in [2.05, 4.69) is 23.5 Å². The van der Waals surface area contributed by atoms with E-state index in [4.69, 9.17) is 4.74 Å². The van der Waals surface area contributed by atoms with Crippen LogP contribution in [0, 0.1) is 18.6 Å². The fourth-order valence-corrected chi connectivity index (χ4v) is 3.32. The SMILES string of the molecule is Cc1ccc(C(=O)NCc2ccc(F)c(F)c2)cc1Oc1cccc(C2=CCC=C2)c1. The molecule has 0 aliphatic heterocycles. The number of carbonyl (C=O) groups is 1. The molecular weight excluding hydrogens is 396 g/mol. The Morgan fingerprint density at radius 3 is 2.68 bits per heavy atom. The third-order valence-corrected chi connectivity index (χ3v) is 5.05. The summed E-state index contributed by atoms with van der Waals surface area (Å²) in [6.07, 6.45) is 7.28. The third kappa shape index (κ3) is 4.89. The fraction of sp³-hybridized carbons (Fsp3) is 0.115. The van der Waals surface area contributed by atoms with Crippen LogP contribution in [0.3, 0.4) is 0 Å². The van der Waals surface area contributed by atoms with Crippen molar-refractivity contribution in [3.63, 3.8) is 0 Å². The molecule has 1 amide bonds. The summed E-state index contributed by atoms with van der Waals surface area (Å²) < 4.78 is 32.5. The van der Waals surface area contributed by atoms with Crippen molar-refractivity contribution in [3.8, 4) is 11.5 Å². The molecule has 0 fully saturated rings. The van der Waals surface area contributed by atoms with Crippen LogP contribution in [0.5, 0.6) is 11.5 Å². The maximum atomic E-state index is 13.3. The van der Waals surface area contributed by atoms with Crippen molar-refractivity contribution in [1.29, 1.82) is 0 Å². The van der Waals surface area contributed by atoms with Crippen LogP contribution in [0.15, 0.2) is 78.9 Å². The number of ether oxygens (including phenoxy) is 1. The Morgan fingerprint density at radius 2 is 1.90 bits per heavy atom. The van der Waals surface area contributed by atoms with Gasteiger partial charge in [-0.1, -0.05) is 42.5 Å². The Hall–Kier alpha value is -3.73. The molecule has 31 heavy (non-hydrogen) atoms. The van der Waals surface area contributed by atoms with Gasteiger partial charge in [-0.3, -0.25) is 4.79 Å². The van der Waals surface area contributed by atoms with E-state index in [0.29, 0.717) is 22.6 Å². The zero-order valence-electron chi connectivity index (χ0n) is 17.0. The first kappa shape index (κ1) is 20.5. The van der Waals surface area contributed by atoms with Gasteiger partial charge in [0.2, 0.25) is 0 Å². The molecule has 0 saturated carbocycles. The van der Waals surface area contributed by atoms with E-state index in [-0.39, 0.29) is 12.5 Å². The maximum absolute atomic E-state index is 13.3. The Balaban J connectivity index is 1.48. The molecule has 0 bridgehead atoms. The van der Waals surface area contributed by atoms with E-state index in [1.165, 1.54) is 6.07 Å². The van der Waals surface area contributed by atoms with E-state index >= 15 is 0 Å². The molecule has 5 heteroatoms. The van der Waals surface area contributed by atoms with Gasteiger partial charge in [0.15, 0.2) is 11.6 Å². The maximum Gasteiger partial charge on any atom is 0.251 e. The lowest BCUT2D eigenvalue weighted by Crippen LogP contribution is -2.22. The second-order valence-corrected chi connectivity index (χ2v) is 7.34. The van der Waals surface area contributed by atoms with Crippen LogP contribution in [-0.4, -0.2) is 5.91 Å². The summed E-state index contributed by atoms with van der Waals surface area (Å²) in [5.41, 5.74) is 4.02. The minimum absolute atomic E-state index is 0.0881. The van der Waals surface area contributed by atoms with Crippen molar-refractivity contribution >= 4 is 11.5 Å². The molecule has 0 radical (unpaired) electrons. The van der Waals surface area contributed by atoms with Crippen molar-refractivity contribution in [1.82, 2.24) is 5.32 Å². The molecule has 1 N–H and O–H groups in total. The number of benzene rings is 3. The second kappa shape index (κ2) is 8.96. The van der Waals surface area contributed by atoms with E-state index in [1.54, 1.807) is 12.1 Å². The highest BCUT2D eigenvalue weighted by molar-refractivity contribution is 5.94. The number of halogens is 2. The molecule has 3 aromatic carbocycles. The second-order valence-electron chi connectivity index (χ2n) is 7.34. The molecule has 0 atom stereocenters. The molecule has 1 aliphatic rings. The van der Waals surface area contributed by atoms with Crippen LogP contribution in [0.25, 0.3) is 5.57 Å². The highest BCUT2D eigenvalue weighted by atomic mass is 19.2. The van der Waals surface area contributed by atoms with Crippen LogP contribution >= 0.6 is 0 Å². The average molecular weight is 417 g/mol. The minimum atomic E-state index is -0.941. The van der Waals surface area contributed by atoms with Crippen LogP contribution in [-0.2, 0) is 6.54 Å². The van der Waals surface area contributed by atoms with E-state index < -0.39 is 11.6 Å². The largest absolute Gasteiger partial charge is 0.457 e. The Morgan fingerprint density at radius 1 is 1.03 bits per heavy atom. The molecule has 0 spiro atoms. The molecule has 0 heterocycles. The van der Waals surface area contributed by atoms with Gasteiger partial charge in [0.05, 0.1) is 0 Å². The molecule has 1 aliphatic carbocycles. The molecular formula is C26H21F2NO2. The van der Waals surface area contributed by atoms with Gasteiger partial charge in [0.1, 0.15) is 11.5 Å². The van der Waals surface area contributed by atoms with Crippen molar-refractivity contribution in [2.45, 2.75) is 19.9 Å². The van der Waals surface area contributed by atoms with Gasteiger partial charge < -0.3 is 10.1 Å². The summed E-state index contributed by atoms with van der Waals surface area (Å²) in [4.78, 5) is 12.6. The first-order chi connectivity index (χ1) is 15.0. The summed E-state index contributed by atoms with van der Waals surface area (Å²) in [6.45, 7) is 2.00. The normalized spacial score (nSPS) is 12.5. The highest BCUT2D eigenvalue weighted by Crippen LogP contribution is 2.30. The quantitative estimate of drug-likeness (QED) is 0.508. The molecule has 156 valence electrons. The summed E-state index contributed by atoms with van der Waals surface area (Å²) in [7, 11) is 0. The van der Waals surface area contributed by atoms with Gasteiger partial charge in [-0.2, -0.15) is 0 Å². The first-order valence-corrected chi connectivity index (χ1v) is 9.97. The molecule has 0 aromatic heterocycles. The Bertz CT molecular complexity index is 1200. The van der Waals surface area contributed by atoms with E-state index in [0.717, 1.165) is 35.3 Å². The lowest BCUT2D eigenvalue weighted by molar-refractivity contribution is 0.0950. The van der Waals surface area contributed by atoms with Crippen LogP contribution in [0.1, 0.15) is 33.5 Å². The zero-order valence-corrected chi connectivity index (χ0v) is 17.0. The predicted octanol–water partition coefficient (Wildman–Crippen LogP) is 6.34. The third-order valence-electron chi connectivity index (χ3n) is 5.05. The number of carbonyl (C=O) groups excluding carboxylic acids is 1. The molecule has 4 rings (SSSR count). The molecule has 3 nitrogen and oxygen atoms in total. The van der Waals surface area contributed by atoms with Gasteiger partial charge in [0.25, 0.3) is 5.91 Å². The number of hydrogen-bond donors (Lipinski definition) is 1. The predicted molar refractivity (Wildman–Crippen MR) is 117 cm³/mol. The lowest BCUT2D eigenvalue weighted by atomic mass is 10.1. The van der Waals surface area contributed by atoms with E-state index in [1.807, 2.05) is 37.3 Å².